The number of hydroxylamine groups is 1. The Morgan fingerprint density at radius 1 is 1.57 bits per heavy atom. The Labute approximate surface area is 87.8 Å². The second-order valence-corrected chi connectivity index (χ2v) is 3.36. The average molecular weight is 268 g/mol. The topological polar surface area (TPSA) is 41.5 Å². The van der Waals surface area contributed by atoms with Crippen molar-refractivity contribution in [3.05, 3.63) is 27.7 Å². The number of halogens is 3. The van der Waals surface area contributed by atoms with Crippen molar-refractivity contribution in [2.24, 2.45) is 0 Å². The smallest absolute Gasteiger partial charge is 0.166 e. The molecular formula is C8H8BrF2NO2. The first-order valence-electron chi connectivity index (χ1n) is 3.69. The van der Waals surface area contributed by atoms with Crippen molar-refractivity contribution in [2.45, 2.75) is 6.54 Å². The zero-order chi connectivity index (χ0) is 10.7. The van der Waals surface area contributed by atoms with E-state index in [9.17, 15) is 8.78 Å². The molecular weight excluding hydrogens is 260 g/mol. The Morgan fingerprint density at radius 3 is 2.71 bits per heavy atom. The van der Waals surface area contributed by atoms with Crippen LogP contribution in [0.2, 0.25) is 0 Å². The van der Waals surface area contributed by atoms with Gasteiger partial charge in [0.05, 0.1) is 23.7 Å². The molecule has 0 bridgehead atoms. The highest BCUT2D eigenvalue weighted by Crippen LogP contribution is 2.30. The molecule has 0 spiro atoms. The largest absolute Gasteiger partial charge is 0.493 e. The molecule has 78 valence electrons. The highest BCUT2D eigenvalue weighted by atomic mass is 79.9. The van der Waals surface area contributed by atoms with Gasteiger partial charge in [-0.3, -0.25) is 0 Å². The van der Waals surface area contributed by atoms with Gasteiger partial charge in [0.15, 0.2) is 11.6 Å². The highest BCUT2D eigenvalue weighted by Gasteiger charge is 2.17. The first-order chi connectivity index (χ1) is 6.61. The van der Waals surface area contributed by atoms with Gasteiger partial charge in [0.25, 0.3) is 0 Å². The molecule has 0 saturated carbocycles. The summed E-state index contributed by atoms with van der Waals surface area (Å²) in [5, 5.41) is 8.44. The van der Waals surface area contributed by atoms with Crippen molar-refractivity contribution in [1.29, 1.82) is 0 Å². The minimum absolute atomic E-state index is 0.0129. The first kappa shape index (κ1) is 11.4. The third-order valence-electron chi connectivity index (χ3n) is 1.68. The summed E-state index contributed by atoms with van der Waals surface area (Å²) in [5.41, 5.74) is 1.68. The molecule has 0 radical (unpaired) electrons. The maximum atomic E-state index is 13.4. The summed E-state index contributed by atoms with van der Waals surface area (Å²) in [6.45, 7) is -0.231. The summed E-state index contributed by atoms with van der Waals surface area (Å²) in [4.78, 5) is 0. The lowest BCUT2D eigenvalue weighted by molar-refractivity contribution is 0.158. The van der Waals surface area contributed by atoms with E-state index in [-0.39, 0.29) is 22.3 Å². The van der Waals surface area contributed by atoms with Crippen LogP contribution < -0.4 is 10.2 Å². The summed E-state index contributed by atoms with van der Waals surface area (Å²) >= 11 is 2.85. The SMILES string of the molecule is COc1c(F)cc(Br)c(F)c1CNO. The summed E-state index contributed by atoms with van der Waals surface area (Å²) in [6, 6.07) is 0.967. The van der Waals surface area contributed by atoms with Gasteiger partial charge in [-0.1, -0.05) is 0 Å². The highest BCUT2D eigenvalue weighted by molar-refractivity contribution is 9.10. The molecule has 0 aliphatic carbocycles. The van der Waals surface area contributed by atoms with E-state index < -0.39 is 11.6 Å². The second-order valence-electron chi connectivity index (χ2n) is 2.50. The van der Waals surface area contributed by atoms with E-state index in [2.05, 4.69) is 20.7 Å². The molecule has 0 atom stereocenters. The average Bonchev–Trinajstić information content (AvgIpc) is 2.14. The van der Waals surface area contributed by atoms with Crippen LogP contribution in [0.25, 0.3) is 0 Å². The lowest BCUT2D eigenvalue weighted by Crippen LogP contribution is -2.11. The van der Waals surface area contributed by atoms with Crippen molar-refractivity contribution in [3.8, 4) is 5.75 Å². The van der Waals surface area contributed by atoms with Gasteiger partial charge in [-0.2, -0.15) is 0 Å². The van der Waals surface area contributed by atoms with E-state index in [0.29, 0.717) is 0 Å². The molecule has 0 aliphatic rings. The molecule has 3 nitrogen and oxygen atoms in total. The molecule has 1 aromatic carbocycles. The number of nitrogens with one attached hydrogen (secondary N) is 1. The predicted molar refractivity (Wildman–Crippen MR) is 49.2 cm³/mol. The van der Waals surface area contributed by atoms with Crippen LogP contribution in [-0.4, -0.2) is 12.3 Å². The van der Waals surface area contributed by atoms with E-state index in [0.717, 1.165) is 6.07 Å². The van der Waals surface area contributed by atoms with Gasteiger partial charge >= 0.3 is 0 Å². The van der Waals surface area contributed by atoms with E-state index in [1.165, 1.54) is 7.11 Å². The molecule has 2 N–H and O–H groups in total. The van der Waals surface area contributed by atoms with Gasteiger partial charge in [0, 0.05) is 0 Å². The standard InChI is InChI=1S/C8H8BrF2NO2/c1-14-8-4(3-12-13)7(11)5(9)2-6(8)10/h2,12-13H,3H2,1H3. The lowest BCUT2D eigenvalue weighted by atomic mass is 10.2. The summed E-state index contributed by atoms with van der Waals surface area (Å²) < 4.78 is 31.2. The van der Waals surface area contributed by atoms with Crippen LogP contribution in [0.5, 0.6) is 5.75 Å². The molecule has 0 unspecified atom stereocenters. The summed E-state index contributed by atoms with van der Waals surface area (Å²) in [5.74, 6) is -1.57. The van der Waals surface area contributed by atoms with E-state index in [1.54, 1.807) is 5.48 Å². The van der Waals surface area contributed by atoms with Crippen LogP contribution in [-0.2, 0) is 6.54 Å². The molecule has 14 heavy (non-hydrogen) atoms. The van der Waals surface area contributed by atoms with E-state index >= 15 is 0 Å². The molecule has 0 amide bonds. The Balaban J connectivity index is 3.32. The zero-order valence-corrected chi connectivity index (χ0v) is 8.86. The van der Waals surface area contributed by atoms with Gasteiger partial charge in [-0.15, -0.1) is 0 Å². The van der Waals surface area contributed by atoms with E-state index in [1.807, 2.05) is 0 Å². The fraction of sp³-hybridized carbons (Fsp3) is 0.250. The minimum Gasteiger partial charge on any atom is -0.493 e. The number of benzene rings is 1. The maximum absolute atomic E-state index is 13.4. The van der Waals surface area contributed by atoms with Gasteiger partial charge in [-0.05, 0) is 22.0 Å². The molecule has 0 aromatic heterocycles. The normalized spacial score (nSPS) is 10.4. The number of methoxy groups -OCH3 is 1. The van der Waals surface area contributed by atoms with Crippen LogP contribution in [0.4, 0.5) is 8.78 Å². The van der Waals surface area contributed by atoms with Crippen LogP contribution in [0.3, 0.4) is 0 Å². The Morgan fingerprint density at radius 2 is 2.21 bits per heavy atom. The van der Waals surface area contributed by atoms with Gasteiger partial charge < -0.3 is 9.94 Å². The second kappa shape index (κ2) is 4.68. The molecule has 1 rings (SSSR count). The zero-order valence-electron chi connectivity index (χ0n) is 7.27. The molecule has 6 heteroatoms. The molecule has 0 aliphatic heterocycles. The Bertz CT molecular complexity index is 347. The third kappa shape index (κ3) is 2.02. The molecule has 0 heterocycles. The van der Waals surface area contributed by atoms with Crippen molar-refractivity contribution < 1.29 is 18.7 Å². The summed E-state index contributed by atoms with van der Waals surface area (Å²) in [6.07, 6.45) is 0. The first-order valence-corrected chi connectivity index (χ1v) is 4.48. The predicted octanol–water partition coefficient (Wildman–Crippen LogP) is 2.21. The summed E-state index contributed by atoms with van der Waals surface area (Å²) in [7, 11) is 1.23. The number of ether oxygens (including phenoxy) is 1. The minimum atomic E-state index is -0.689. The van der Waals surface area contributed by atoms with Crippen LogP contribution >= 0.6 is 15.9 Å². The molecule has 0 fully saturated rings. The van der Waals surface area contributed by atoms with E-state index in [4.69, 9.17) is 5.21 Å². The maximum Gasteiger partial charge on any atom is 0.166 e. The van der Waals surface area contributed by atoms with Crippen molar-refractivity contribution in [2.75, 3.05) is 7.11 Å². The lowest BCUT2D eigenvalue weighted by Gasteiger charge is -2.10. The Hall–Kier alpha value is -0.720. The van der Waals surface area contributed by atoms with Crippen molar-refractivity contribution in [3.63, 3.8) is 0 Å². The number of hydrogen-bond acceptors (Lipinski definition) is 3. The van der Waals surface area contributed by atoms with Crippen molar-refractivity contribution >= 4 is 15.9 Å². The third-order valence-corrected chi connectivity index (χ3v) is 2.26. The quantitative estimate of drug-likeness (QED) is 0.652. The Kier molecular flexibility index (Phi) is 3.79. The van der Waals surface area contributed by atoms with Crippen LogP contribution in [0.1, 0.15) is 5.56 Å². The number of rotatable bonds is 3. The van der Waals surface area contributed by atoms with Crippen LogP contribution in [0.15, 0.2) is 10.5 Å². The number of hydrogen-bond donors (Lipinski definition) is 2. The van der Waals surface area contributed by atoms with Crippen molar-refractivity contribution in [1.82, 2.24) is 5.48 Å². The molecule has 0 saturated heterocycles. The monoisotopic (exact) mass is 267 g/mol. The molecule has 1 aromatic rings. The fourth-order valence-electron chi connectivity index (χ4n) is 1.09. The van der Waals surface area contributed by atoms with Gasteiger partial charge in [-0.25, -0.2) is 14.3 Å². The van der Waals surface area contributed by atoms with Crippen LogP contribution in [0, 0.1) is 11.6 Å². The van der Waals surface area contributed by atoms with Gasteiger partial charge in [0.1, 0.15) is 5.82 Å². The fourth-order valence-corrected chi connectivity index (χ4v) is 1.53. The van der Waals surface area contributed by atoms with Gasteiger partial charge in [0.2, 0.25) is 0 Å².